The monoisotopic (exact) mass is 343 g/mol. The van der Waals surface area contributed by atoms with Crippen LogP contribution in [0.25, 0.3) is 0 Å². The van der Waals surface area contributed by atoms with E-state index in [4.69, 9.17) is 9.26 Å². The van der Waals surface area contributed by atoms with E-state index >= 15 is 0 Å². The van der Waals surface area contributed by atoms with Crippen molar-refractivity contribution in [2.45, 2.75) is 38.3 Å². The van der Waals surface area contributed by atoms with E-state index in [-0.39, 0.29) is 23.2 Å². The third-order valence-electron chi connectivity index (χ3n) is 4.71. The molecule has 0 radical (unpaired) electrons. The van der Waals surface area contributed by atoms with E-state index in [1.54, 1.807) is 13.0 Å². The number of hydrogen-bond donors (Lipinski definition) is 2. The molecule has 0 saturated carbocycles. The van der Waals surface area contributed by atoms with E-state index in [1.165, 1.54) is 5.56 Å². The van der Waals surface area contributed by atoms with Gasteiger partial charge in [-0.25, -0.2) is 0 Å². The van der Waals surface area contributed by atoms with E-state index in [0.29, 0.717) is 25.5 Å². The summed E-state index contributed by atoms with van der Waals surface area (Å²) in [7, 11) is 0. The normalized spacial score (nSPS) is 17.8. The minimum atomic E-state index is -0.236. The zero-order valence-electron chi connectivity index (χ0n) is 14.7. The molecular formula is C19H25N3O3. The summed E-state index contributed by atoms with van der Waals surface area (Å²) >= 11 is 0. The fraction of sp³-hybridized carbons (Fsp3) is 0.474. The van der Waals surface area contributed by atoms with Crippen molar-refractivity contribution in [3.63, 3.8) is 0 Å². The number of carbonyl (C=O) groups excluding carboxylic acids is 1. The van der Waals surface area contributed by atoms with Crippen molar-refractivity contribution < 1.29 is 14.1 Å². The summed E-state index contributed by atoms with van der Waals surface area (Å²) in [5, 5.41) is 10.5. The molecule has 25 heavy (non-hydrogen) atoms. The second-order valence-corrected chi connectivity index (χ2v) is 6.68. The lowest BCUT2D eigenvalue weighted by Crippen LogP contribution is -2.57. The first-order valence-electron chi connectivity index (χ1n) is 8.70. The molecule has 0 bridgehead atoms. The first-order chi connectivity index (χ1) is 12.1. The average Bonchev–Trinajstić information content (AvgIpc) is 3.08. The molecule has 134 valence electrons. The first-order valence-corrected chi connectivity index (χ1v) is 8.70. The molecule has 3 rings (SSSR count). The summed E-state index contributed by atoms with van der Waals surface area (Å²) in [5.41, 5.74) is 1.73. The van der Waals surface area contributed by atoms with Gasteiger partial charge in [0.1, 0.15) is 0 Å². The van der Waals surface area contributed by atoms with Gasteiger partial charge >= 0.3 is 0 Å². The molecular weight excluding hydrogens is 318 g/mol. The van der Waals surface area contributed by atoms with Gasteiger partial charge in [0.2, 0.25) is 5.76 Å². The molecule has 1 aromatic carbocycles. The van der Waals surface area contributed by atoms with Crippen LogP contribution in [0.2, 0.25) is 0 Å². The Morgan fingerprint density at radius 2 is 2.00 bits per heavy atom. The predicted molar refractivity (Wildman–Crippen MR) is 94.3 cm³/mol. The number of ether oxygens (including phenoxy) is 1. The fourth-order valence-electron chi connectivity index (χ4n) is 3.23. The van der Waals surface area contributed by atoms with E-state index in [0.717, 1.165) is 12.8 Å². The van der Waals surface area contributed by atoms with Crippen LogP contribution in [0.5, 0.6) is 0 Å². The predicted octanol–water partition coefficient (Wildman–Crippen LogP) is 2.61. The largest absolute Gasteiger partial charge is 0.381 e. The number of nitrogens with one attached hydrogen (secondary N) is 2. The number of hydrogen-bond acceptors (Lipinski definition) is 5. The lowest BCUT2D eigenvalue weighted by Gasteiger charge is -2.40. The summed E-state index contributed by atoms with van der Waals surface area (Å²) in [5.74, 6) is 0.0106. The van der Waals surface area contributed by atoms with Crippen LogP contribution in [0, 0.1) is 6.92 Å². The molecule has 6 heteroatoms. The van der Waals surface area contributed by atoms with Crippen LogP contribution in [0.3, 0.4) is 0 Å². The Bertz CT molecular complexity index is 693. The van der Waals surface area contributed by atoms with Gasteiger partial charge in [0.25, 0.3) is 5.91 Å². The third-order valence-corrected chi connectivity index (χ3v) is 4.71. The van der Waals surface area contributed by atoms with Crippen LogP contribution >= 0.6 is 0 Å². The number of aryl methyl sites for hydroxylation is 1. The van der Waals surface area contributed by atoms with Crippen LogP contribution < -0.4 is 10.6 Å². The highest BCUT2D eigenvalue weighted by molar-refractivity contribution is 5.91. The van der Waals surface area contributed by atoms with Gasteiger partial charge in [-0.3, -0.25) is 4.79 Å². The van der Waals surface area contributed by atoms with Gasteiger partial charge in [0.05, 0.1) is 5.69 Å². The van der Waals surface area contributed by atoms with Gasteiger partial charge < -0.3 is 19.9 Å². The maximum atomic E-state index is 12.3. The van der Waals surface area contributed by atoms with Gasteiger partial charge in [-0.05, 0) is 32.3 Å². The highest BCUT2D eigenvalue weighted by Gasteiger charge is 2.34. The molecule has 1 amide bonds. The highest BCUT2D eigenvalue weighted by Crippen LogP contribution is 2.25. The molecule has 0 unspecified atom stereocenters. The maximum absolute atomic E-state index is 12.3. The Balaban J connectivity index is 1.67. The number of rotatable bonds is 6. The second-order valence-electron chi connectivity index (χ2n) is 6.68. The Kier molecular flexibility index (Phi) is 5.50. The van der Waals surface area contributed by atoms with Crippen LogP contribution in [-0.4, -0.2) is 36.4 Å². The molecule has 2 heterocycles. The van der Waals surface area contributed by atoms with Crippen molar-refractivity contribution in [3.8, 4) is 0 Å². The number of aromatic nitrogens is 1. The van der Waals surface area contributed by atoms with Gasteiger partial charge in [0.15, 0.2) is 0 Å². The zero-order valence-corrected chi connectivity index (χ0v) is 14.7. The first kappa shape index (κ1) is 17.6. The molecule has 1 aromatic heterocycles. The van der Waals surface area contributed by atoms with Gasteiger partial charge in [-0.15, -0.1) is 0 Å². The van der Waals surface area contributed by atoms with Gasteiger partial charge in [-0.1, -0.05) is 35.5 Å². The van der Waals surface area contributed by atoms with Crippen molar-refractivity contribution in [1.82, 2.24) is 15.8 Å². The molecule has 1 atom stereocenters. The zero-order chi connectivity index (χ0) is 17.7. The summed E-state index contributed by atoms with van der Waals surface area (Å²) in [4.78, 5) is 12.3. The molecule has 1 aliphatic rings. The van der Waals surface area contributed by atoms with Crippen LogP contribution in [0.1, 0.15) is 47.6 Å². The van der Waals surface area contributed by atoms with Crippen LogP contribution in [-0.2, 0) is 4.74 Å². The molecule has 0 aliphatic carbocycles. The number of benzene rings is 1. The molecule has 0 spiro atoms. The van der Waals surface area contributed by atoms with Crippen molar-refractivity contribution in [2.75, 3.05) is 19.8 Å². The van der Waals surface area contributed by atoms with E-state index in [2.05, 4.69) is 34.8 Å². The third kappa shape index (κ3) is 4.46. The number of amides is 1. The van der Waals surface area contributed by atoms with E-state index in [1.807, 2.05) is 18.2 Å². The van der Waals surface area contributed by atoms with E-state index in [9.17, 15) is 4.79 Å². The standard InChI is InChI=1S/C19H25N3O3/c1-14-12-17(25-22-14)18(23)20-13-19(8-10-24-11-9-19)21-15(2)16-6-4-3-5-7-16/h3-7,12,15,21H,8-11,13H2,1-2H3,(H,20,23)/t15-/m0/s1. The van der Waals surface area contributed by atoms with E-state index < -0.39 is 0 Å². The smallest absolute Gasteiger partial charge is 0.289 e. The molecule has 6 nitrogen and oxygen atoms in total. The van der Waals surface area contributed by atoms with Crippen molar-refractivity contribution in [1.29, 1.82) is 0 Å². The Hall–Kier alpha value is -2.18. The highest BCUT2D eigenvalue weighted by atomic mass is 16.5. The number of nitrogens with zero attached hydrogens (tertiary/aromatic N) is 1. The average molecular weight is 343 g/mol. The van der Waals surface area contributed by atoms with Gasteiger partial charge in [0, 0.05) is 37.4 Å². The van der Waals surface area contributed by atoms with Gasteiger partial charge in [-0.2, -0.15) is 0 Å². The fourth-order valence-corrected chi connectivity index (χ4v) is 3.23. The van der Waals surface area contributed by atoms with Crippen LogP contribution in [0.15, 0.2) is 40.9 Å². The topological polar surface area (TPSA) is 76.4 Å². The Morgan fingerprint density at radius 3 is 2.64 bits per heavy atom. The lowest BCUT2D eigenvalue weighted by molar-refractivity contribution is 0.0330. The summed E-state index contributed by atoms with van der Waals surface area (Å²) in [6.45, 7) is 5.83. The SMILES string of the molecule is Cc1cc(C(=O)NCC2(N[C@@H](C)c3ccccc3)CCOCC2)on1. The van der Waals surface area contributed by atoms with Crippen molar-refractivity contribution in [3.05, 3.63) is 53.4 Å². The molecule has 1 saturated heterocycles. The summed E-state index contributed by atoms with van der Waals surface area (Å²) in [6, 6.07) is 12.1. The Labute approximate surface area is 147 Å². The van der Waals surface area contributed by atoms with Crippen LogP contribution in [0.4, 0.5) is 0 Å². The second kappa shape index (κ2) is 7.80. The maximum Gasteiger partial charge on any atom is 0.289 e. The lowest BCUT2D eigenvalue weighted by atomic mass is 9.88. The minimum absolute atomic E-state index is 0.184. The molecule has 1 aliphatic heterocycles. The minimum Gasteiger partial charge on any atom is -0.381 e. The quantitative estimate of drug-likeness (QED) is 0.843. The van der Waals surface area contributed by atoms with Crippen molar-refractivity contribution >= 4 is 5.91 Å². The Morgan fingerprint density at radius 1 is 1.28 bits per heavy atom. The van der Waals surface area contributed by atoms with Crippen molar-refractivity contribution in [2.24, 2.45) is 0 Å². The molecule has 2 N–H and O–H groups in total. The molecule has 2 aromatic rings. The summed E-state index contributed by atoms with van der Waals surface area (Å²) in [6.07, 6.45) is 1.69. The molecule has 1 fully saturated rings. The number of carbonyl (C=O) groups is 1. The summed E-state index contributed by atoms with van der Waals surface area (Å²) < 4.78 is 10.6.